The molecule has 4 heteroatoms. The van der Waals surface area contributed by atoms with E-state index in [1.54, 1.807) is 0 Å². The van der Waals surface area contributed by atoms with Gasteiger partial charge in [0.15, 0.2) is 0 Å². The molecule has 1 aromatic carbocycles. The van der Waals surface area contributed by atoms with Crippen molar-refractivity contribution in [2.45, 2.75) is 25.3 Å². The second-order valence-electron chi connectivity index (χ2n) is 4.62. The van der Waals surface area contributed by atoms with Crippen molar-refractivity contribution in [3.63, 3.8) is 0 Å². The minimum atomic E-state index is -0.729. The number of nitrogens with one attached hydrogen (secondary N) is 2. The SMILES string of the molecule is Cc1ccc2c(c1)CC1(C2)NC(=O)NC1=O. The smallest absolute Gasteiger partial charge is 0.322 e. The summed E-state index contributed by atoms with van der Waals surface area (Å²) in [5.41, 5.74) is 2.77. The number of hydrogen-bond donors (Lipinski definition) is 2. The number of amides is 3. The zero-order valence-electron chi connectivity index (χ0n) is 8.96. The molecule has 1 heterocycles. The van der Waals surface area contributed by atoms with Gasteiger partial charge in [-0.15, -0.1) is 0 Å². The van der Waals surface area contributed by atoms with Crippen molar-refractivity contribution in [2.24, 2.45) is 0 Å². The maximum atomic E-state index is 11.8. The molecule has 0 bridgehead atoms. The van der Waals surface area contributed by atoms with Gasteiger partial charge in [0, 0.05) is 12.8 Å². The molecule has 82 valence electrons. The minimum Gasteiger partial charge on any atom is -0.323 e. The Morgan fingerprint density at radius 2 is 1.94 bits per heavy atom. The molecule has 0 aromatic heterocycles. The Bertz CT molecular complexity index is 510. The number of carbonyl (C=O) groups is 2. The van der Waals surface area contributed by atoms with Gasteiger partial charge in [-0.05, 0) is 18.1 Å². The molecule has 1 saturated heterocycles. The van der Waals surface area contributed by atoms with Crippen LogP contribution in [0.15, 0.2) is 18.2 Å². The highest BCUT2D eigenvalue weighted by Crippen LogP contribution is 2.32. The second kappa shape index (κ2) is 2.84. The summed E-state index contributed by atoms with van der Waals surface area (Å²) >= 11 is 0. The summed E-state index contributed by atoms with van der Waals surface area (Å²) in [6.07, 6.45) is 1.20. The number of fused-ring (bicyclic) bond motifs is 1. The van der Waals surface area contributed by atoms with Crippen LogP contribution < -0.4 is 10.6 Å². The highest BCUT2D eigenvalue weighted by atomic mass is 16.2. The molecule has 1 aliphatic carbocycles. The van der Waals surface area contributed by atoms with Crippen molar-refractivity contribution in [1.29, 1.82) is 0 Å². The molecular weight excluding hydrogens is 204 g/mol. The van der Waals surface area contributed by atoms with Gasteiger partial charge in [-0.3, -0.25) is 10.1 Å². The molecule has 4 nitrogen and oxygen atoms in total. The average Bonchev–Trinajstić information content (AvgIpc) is 2.67. The van der Waals surface area contributed by atoms with Gasteiger partial charge in [0.2, 0.25) is 0 Å². The average molecular weight is 216 g/mol. The van der Waals surface area contributed by atoms with Crippen molar-refractivity contribution < 1.29 is 9.59 Å². The third-order valence-corrected chi connectivity index (χ3v) is 3.36. The number of carbonyl (C=O) groups excluding carboxylic acids is 2. The van der Waals surface area contributed by atoms with E-state index < -0.39 is 5.54 Å². The summed E-state index contributed by atoms with van der Waals surface area (Å²) in [5, 5.41) is 5.06. The van der Waals surface area contributed by atoms with Crippen molar-refractivity contribution in [3.8, 4) is 0 Å². The van der Waals surface area contributed by atoms with E-state index in [4.69, 9.17) is 0 Å². The largest absolute Gasteiger partial charge is 0.323 e. The van der Waals surface area contributed by atoms with Gasteiger partial charge in [-0.2, -0.15) is 0 Å². The van der Waals surface area contributed by atoms with Crippen LogP contribution in [0.4, 0.5) is 4.79 Å². The van der Waals surface area contributed by atoms with E-state index in [9.17, 15) is 9.59 Å². The quantitative estimate of drug-likeness (QED) is 0.626. The van der Waals surface area contributed by atoms with Crippen molar-refractivity contribution in [3.05, 3.63) is 34.9 Å². The van der Waals surface area contributed by atoms with Gasteiger partial charge in [0.1, 0.15) is 5.54 Å². The van der Waals surface area contributed by atoms with Crippen LogP contribution in [-0.4, -0.2) is 17.5 Å². The second-order valence-corrected chi connectivity index (χ2v) is 4.62. The van der Waals surface area contributed by atoms with E-state index in [2.05, 4.69) is 16.7 Å². The third kappa shape index (κ3) is 1.16. The van der Waals surface area contributed by atoms with Crippen LogP contribution in [0.3, 0.4) is 0 Å². The summed E-state index contributed by atoms with van der Waals surface area (Å²) in [5.74, 6) is -0.202. The Morgan fingerprint density at radius 3 is 2.62 bits per heavy atom. The van der Waals surface area contributed by atoms with E-state index >= 15 is 0 Å². The van der Waals surface area contributed by atoms with E-state index in [0.29, 0.717) is 12.8 Å². The zero-order chi connectivity index (χ0) is 11.3. The lowest BCUT2D eigenvalue weighted by atomic mass is 9.96. The molecule has 1 unspecified atom stereocenters. The maximum Gasteiger partial charge on any atom is 0.322 e. The molecule has 3 rings (SSSR count). The fourth-order valence-electron chi connectivity index (χ4n) is 2.58. The number of aryl methyl sites for hydroxylation is 1. The van der Waals surface area contributed by atoms with Crippen molar-refractivity contribution in [2.75, 3.05) is 0 Å². The Balaban J connectivity index is 2.01. The predicted octanol–water partition coefficient (Wildman–Crippen LogP) is 0.672. The Kier molecular flexibility index (Phi) is 1.67. The number of benzene rings is 1. The van der Waals surface area contributed by atoms with Crippen LogP contribution in [-0.2, 0) is 17.6 Å². The van der Waals surface area contributed by atoms with Gasteiger partial charge in [0.05, 0.1) is 0 Å². The number of hydrogen-bond acceptors (Lipinski definition) is 2. The number of urea groups is 1. The Morgan fingerprint density at radius 1 is 1.19 bits per heavy atom. The van der Waals surface area contributed by atoms with Crippen LogP contribution >= 0.6 is 0 Å². The first kappa shape index (κ1) is 9.39. The first-order valence-corrected chi connectivity index (χ1v) is 5.31. The highest BCUT2D eigenvalue weighted by Gasteiger charge is 2.49. The molecule has 2 N–H and O–H groups in total. The van der Waals surface area contributed by atoms with Crippen LogP contribution in [0.2, 0.25) is 0 Å². The lowest BCUT2D eigenvalue weighted by Crippen LogP contribution is -2.47. The van der Waals surface area contributed by atoms with E-state index in [1.807, 2.05) is 19.1 Å². The Hall–Kier alpha value is -1.84. The first-order chi connectivity index (χ1) is 7.59. The molecule has 2 aliphatic rings. The van der Waals surface area contributed by atoms with E-state index in [1.165, 1.54) is 5.56 Å². The maximum absolute atomic E-state index is 11.8. The summed E-state index contributed by atoms with van der Waals surface area (Å²) in [4.78, 5) is 23.0. The topological polar surface area (TPSA) is 58.2 Å². The number of rotatable bonds is 0. The van der Waals surface area contributed by atoms with Crippen molar-refractivity contribution in [1.82, 2.24) is 10.6 Å². The van der Waals surface area contributed by atoms with Crippen LogP contribution in [0.25, 0.3) is 0 Å². The molecule has 0 radical (unpaired) electrons. The third-order valence-electron chi connectivity index (χ3n) is 3.36. The van der Waals surface area contributed by atoms with Crippen LogP contribution in [0.1, 0.15) is 16.7 Å². The lowest BCUT2D eigenvalue weighted by Gasteiger charge is -2.18. The molecule has 0 saturated carbocycles. The minimum absolute atomic E-state index is 0.202. The summed E-state index contributed by atoms with van der Waals surface area (Å²) in [7, 11) is 0. The molecule has 1 spiro atoms. The molecule has 16 heavy (non-hydrogen) atoms. The monoisotopic (exact) mass is 216 g/mol. The van der Waals surface area contributed by atoms with Crippen LogP contribution in [0.5, 0.6) is 0 Å². The van der Waals surface area contributed by atoms with Crippen LogP contribution in [0, 0.1) is 6.92 Å². The predicted molar refractivity (Wildman–Crippen MR) is 58.0 cm³/mol. The van der Waals surface area contributed by atoms with Crippen molar-refractivity contribution >= 4 is 11.9 Å². The molecular formula is C12H12N2O2. The molecule has 1 aromatic rings. The molecule has 1 aliphatic heterocycles. The van der Waals surface area contributed by atoms with Gasteiger partial charge in [-0.1, -0.05) is 23.8 Å². The highest BCUT2D eigenvalue weighted by molar-refractivity contribution is 6.07. The van der Waals surface area contributed by atoms with Gasteiger partial charge < -0.3 is 5.32 Å². The van der Waals surface area contributed by atoms with Gasteiger partial charge in [0.25, 0.3) is 5.91 Å². The molecule has 3 amide bonds. The number of imide groups is 1. The first-order valence-electron chi connectivity index (χ1n) is 5.31. The molecule has 1 atom stereocenters. The fraction of sp³-hybridized carbons (Fsp3) is 0.333. The van der Waals surface area contributed by atoms with E-state index in [0.717, 1.165) is 11.1 Å². The summed E-state index contributed by atoms with van der Waals surface area (Å²) in [6, 6.07) is 5.78. The fourth-order valence-corrected chi connectivity index (χ4v) is 2.58. The standard InChI is InChI=1S/C12H12N2O2/c1-7-2-3-8-5-12(6-9(8)4-7)10(15)13-11(16)14-12/h2-4H,5-6H2,1H3,(H2,13,14,15,16). The lowest BCUT2D eigenvalue weighted by molar-refractivity contribution is -0.123. The molecule has 1 fully saturated rings. The zero-order valence-corrected chi connectivity index (χ0v) is 8.96. The Labute approximate surface area is 93.0 Å². The van der Waals surface area contributed by atoms with Gasteiger partial charge >= 0.3 is 6.03 Å². The van der Waals surface area contributed by atoms with E-state index in [-0.39, 0.29) is 11.9 Å². The summed E-state index contributed by atoms with van der Waals surface area (Å²) in [6.45, 7) is 2.03. The normalized spacial score (nSPS) is 26.8. The van der Waals surface area contributed by atoms with Gasteiger partial charge in [-0.25, -0.2) is 4.79 Å². The summed E-state index contributed by atoms with van der Waals surface area (Å²) < 4.78 is 0.